The van der Waals surface area contributed by atoms with Crippen molar-refractivity contribution in [1.82, 2.24) is 4.98 Å². The molecule has 1 aromatic heterocycles. The van der Waals surface area contributed by atoms with Crippen LogP contribution in [0.4, 0.5) is 0 Å². The Hall–Kier alpha value is -1.22. The van der Waals surface area contributed by atoms with Gasteiger partial charge >= 0.3 is 0 Å². The van der Waals surface area contributed by atoms with Crippen LogP contribution in [-0.4, -0.2) is 16.3 Å². The number of aromatic nitrogens is 1. The molecular formula is C12H18N2O. The molecule has 15 heavy (non-hydrogen) atoms. The van der Waals surface area contributed by atoms with Gasteiger partial charge in [-0.2, -0.15) is 0 Å². The predicted octanol–water partition coefficient (Wildman–Crippen LogP) is 1.71. The zero-order valence-corrected chi connectivity index (χ0v) is 9.36. The van der Waals surface area contributed by atoms with E-state index in [4.69, 9.17) is 5.73 Å². The Balaban J connectivity index is 2.38. The fraction of sp³-hybridized carbons (Fsp3) is 0.500. The molecular weight excluding hydrogens is 188 g/mol. The first-order valence-electron chi connectivity index (χ1n) is 5.17. The third-order valence-corrected chi connectivity index (χ3v) is 2.17. The van der Waals surface area contributed by atoms with E-state index in [0.29, 0.717) is 12.8 Å². The number of carbonyl (C=O) groups is 1. The molecule has 1 heterocycles. The number of rotatable bonds is 5. The van der Waals surface area contributed by atoms with Crippen LogP contribution in [0.3, 0.4) is 0 Å². The van der Waals surface area contributed by atoms with Crippen molar-refractivity contribution in [2.45, 2.75) is 38.6 Å². The van der Waals surface area contributed by atoms with Crippen molar-refractivity contribution in [2.24, 2.45) is 5.73 Å². The summed E-state index contributed by atoms with van der Waals surface area (Å²) in [4.78, 5) is 15.5. The number of carbonyl (C=O) groups excluding carboxylic acids is 1. The van der Waals surface area contributed by atoms with Crippen molar-refractivity contribution >= 4 is 5.78 Å². The van der Waals surface area contributed by atoms with Gasteiger partial charge in [0.15, 0.2) is 0 Å². The van der Waals surface area contributed by atoms with Crippen molar-refractivity contribution in [3.8, 4) is 0 Å². The van der Waals surface area contributed by atoms with E-state index in [-0.39, 0.29) is 11.3 Å². The second kappa shape index (κ2) is 5.03. The molecule has 0 aromatic carbocycles. The van der Waals surface area contributed by atoms with Crippen LogP contribution in [0.25, 0.3) is 0 Å². The van der Waals surface area contributed by atoms with Gasteiger partial charge in [-0.1, -0.05) is 6.07 Å². The van der Waals surface area contributed by atoms with E-state index in [1.165, 1.54) is 0 Å². The highest BCUT2D eigenvalue weighted by Gasteiger charge is 2.13. The van der Waals surface area contributed by atoms with Gasteiger partial charge in [-0.25, -0.2) is 0 Å². The van der Waals surface area contributed by atoms with Crippen LogP contribution in [0, 0.1) is 0 Å². The Morgan fingerprint density at radius 3 is 2.80 bits per heavy atom. The van der Waals surface area contributed by atoms with Crippen LogP contribution < -0.4 is 5.73 Å². The number of pyridine rings is 1. The third kappa shape index (κ3) is 5.27. The summed E-state index contributed by atoms with van der Waals surface area (Å²) in [6.07, 6.45) is 5.16. The molecule has 0 aliphatic carbocycles. The quantitative estimate of drug-likeness (QED) is 0.798. The second-order valence-electron chi connectivity index (χ2n) is 4.57. The van der Waals surface area contributed by atoms with E-state index in [9.17, 15) is 4.79 Å². The van der Waals surface area contributed by atoms with Crippen molar-refractivity contribution < 1.29 is 4.79 Å². The lowest BCUT2D eigenvalue weighted by Crippen LogP contribution is -2.32. The van der Waals surface area contributed by atoms with Crippen molar-refractivity contribution in [1.29, 1.82) is 0 Å². The monoisotopic (exact) mass is 206 g/mol. The SMILES string of the molecule is CC(C)(N)CCC(=O)Cc1cccnc1. The first-order valence-corrected chi connectivity index (χ1v) is 5.17. The van der Waals surface area contributed by atoms with E-state index in [2.05, 4.69) is 4.98 Å². The number of nitrogens with two attached hydrogens (primary N) is 1. The summed E-state index contributed by atoms with van der Waals surface area (Å²) in [7, 11) is 0. The minimum Gasteiger partial charge on any atom is -0.326 e. The van der Waals surface area contributed by atoms with E-state index in [1.807, 2.05) is 26.0 Å². The lowest BCUT2D eigenvalue weighted by molar-refractivity contribution is -0.118. The maximum atomic E-state index is 11.6. The average molecular weight is 206 g/mol. The van der Waals surface area contributed by atoms with Crippen molar-refractivity contribution in [3.63, 3.8) is 0 Å². The molecule has 0 saturated heterocycles. The summed E-state index contributed by atoms with van der Waals surface area (Å²) in [5, 5.41) is 0. The second-order valence-corrected chi connectivity index (χ2v) is 4.57. The molecule has 0 atom stereocenters. The Morgan fingerprint density at radius 2 is 2.27 bits per heavy atom. The van der Waals surface area contributed by atoms with Crippen molar-refractivity contribution in [2.75, 3.05) is 0 Å². The largest absolute Gasteiger partial charge is 0.326 e. The molecule has 1 rings (SSSR count). The highest BCUT2D eigenvalue weighted by atomic mass is 16.1. The number of ketones is 1. The molecule has 0 amide bonds. The van der Waals surface area contributed by atoms with Gasteiger partial charge in [0, 0.05) is 30.8 Å². The molecule has 0 unspecified atom stereocenters. The smallest absolute Gasteiger partial charge is 0.137 e. The Kier molecular flexibility index (Phi) is 3.97. The fourth-order valence-corrected chi connectivity index (χ4v) is 1.28. The first kappa shape index (κ1) is 11.9. The van der Waals surface area contributed by atoms with E-state index in [0.717, 1.165) is 12.0 Å². The third-order valence-electron chi connectivity index (χ3n) is 2.17. The molecule has 0 aliphatic rings. The summed E-state index contributed by atoms with van der Waals surface area (Å²) in [5.41, 5.74) is 6.52. The standard InChI is InChI=1S/C12H18N2O/c1-12(2,13)6-5-11(15)8-10-4-3-7-14-9-10/h3-4,7,9H,5-6,8,13H2,1-2H3. The van der Waals surface area contributed by atoms with Gasteiger partial charge in [0.1, 0.15) is 5.78 Å². The van der Waals surface area contributed by atoms with Gasteiger partial charge in [0.25, 0.3) is 0 Å². The van der Waals surface area contributed by atoms with Crippen LogP contribution in [0.15, 0.2) is 24.5 Å². The first-order chi connectivity index (χ1) is 6.97. The lowest BCUT2D eigenvalue weighted by atomic mass is 9.96. The fourth-order valence-electron chi connectivity index (χ4n) is 1.28. The summed E-state index contributed by atoms with van der Waals surface area (Å²) in [6.45, 7) is 3.87. The van der Waals surface area contributed by atoms with Gasteiger partial charge in [-0.3, -0.25) is 9.78 Å². The average Bonchev–Trinajstić information content (AvgIpc) is 2.15. The van der Waals surface area contributed by atoms with Gasteiger partial charge < -0.3 is 5.73 Å². The molecule has 0 fully saturated rings. The number of hydrogen-bond acceptors (Lipinski definition) is 3. The van der Waals surface area contributed by atoms with Crippen LogP contribution in [0.1, 0.15) is 32.3 Å². The highest BCUT2D eigenvalue weighted by molar-refractivity contribution is 5.80. The molecule has 2 N–H and O–H groups in total. The molecule has 0 spiro atoms. The van der Waals surface area contributed by atoms with Gasteiger partial charge in [-0.15, -0.1) is 0 Å². The Labute approximate surface area is 90.7 Å². The molecule has 82 valence electrons. The molecule has 3 heteroatoms. The van der Waals surface area contributed by atoms with Crippen LogP contribution in [0.2, 0.25) is 0 Å². The van der Waals surface area contributed by atoms with Crippen molar-refractivity contribution in [3.05, 3.63) is 30.1 Å². The van der Waals surface area contributed by atoms with Crippen LogP contribution in [0.5, 0.6) is 0 Å². The predicted molar refractivity (Wildman–Crippen MR) is 60.4 cm³/mol. The normalized spacial score (nSPS) is 11.4. The highest BCUT2D eigenvalue weighted by Crippen LogP contribution is 2.09. The van der Waals surface area contributed by atoms with E-state index >= 15 is 0 Å². The summed E-state index contributed by atoms with van der Waals surface area (Å²) in [6, 6.07) is 3.76. The van der Waals surface area contributed by atoms with Gasteiger partial charge in [0.2, 0.25) is 0 Å². The van der Waals surface area contributed by atoms with Crippen LogP contribution >= 0.6 is 0 Å². The number of nitrogens with zero attached hydrogens (tertiary/aromatic N) is 1. The van der Waals surface area contributed by atoms with E-state index in [1.54, 1.807) is 12.4 Å². The molecule has 0 radical (unpaired) electrons. The summed E-state index contributed by atoms with van der Waals surface area (Å²) < 4.78 is 0. The topological polar surface area (TPSA) is 56.0 Å². The molecule has 0 aliphatic heterocycles. The number of hydrogen-bond donors (Lipinski definition) is 1. The minimum absolute atomic E-state index is 0.224. The molecule has 1 aromatic rings. The Bertz CT molecular complexity index is 314. The zero-order chi connectivity index (χ0) is 11.3. The summed E-state index contributed by atoms with van der Waals surface area (Å²) in [5.74, 6) is 0.224. The lowest BCUT2D eigenvalue weighted by Gasteiger charge is -2.17. The van der Waals surface area contributed by atoms with Crippen LogP contribution in [-0.2, 0) is 11.2 Å². The molecule has 3 nitrogen and oxygen atoms in total. The molecule has 0 bridgehead atoms. The summed E-state index contributed by atoms with van der Waals surface area (Å²) >= 11 is 0. The van der Waals surface area contributed by atoms with E-state index < -0.39 is 0 Å². The minimum atomic E-state index is -0.259. The Morgan fingerprint density at radius 1 is 1.53 bits per heavy atom. The maximum absolute atomic E-state index is 11.6. The molecule has 0 saturated carbocycles. The maximum Gasteiger partial charge on any atom is 0.137 e. The van der Waals surface area contributed by atoms with Gasteiger partial charge in [0.05, 0.1) is 0 Å². The number of Topliss-reactive ketones (excluding diaryl/α,β-unsaturated/α-hetero) is 1. The zero-order valence-electron chi connectivity index (χ0n) is 9.36. The van der Waals surface area contributed by atoms with Gasteiger partial charge in [-0.05, 0) is 31.9 Å².